The third-order valence-corrected chi connectivity index (χ3v) is 4.69. The van der Waals surface area contributed by atoms with Crippen LogP contribution in [0.2, 0.25) is 0 Å². The summed E-state index contributed by atoms with van der Waals surface area (Å²) in [5, 5.41) is 3.41. The Morgan fingerprint density at radius 1 is 0.955 bits per heavy atom. The first-order valence-corrected chi connectivity index (χ1v) is 7.99. The van der Waals surface area contributed by atoms with E-state index < -0.39 is 0 Å². The van der Waals surface area contributed by atoms with E-state index in [1.807, 2.05) is 18.3 Å². The molecule has 1 aromatic heterocycles. The van der Waals surface area contributed by atoms with E-state index in [0.717, 1.165) is 50.0 Å². The molecule has 1 aliphatic heterocycles. The summed E-state index contributed by atoms with van der Waals surface area (Å²) in [6.07, 6.45) is 5.76. The van der Waals surface area contributed by atoms with Crippen molar-refractivity contribution in [2.75, 3.05) is 13.1 Å². The Morgan fingerprint density at radius 2 is 1.77 bits per heavy atom. The normalized spacial score (nSPS) is 17.7. The van der Waals surface area contributed by atoms with Crippen LogP contribution < -0.4 is 5.32 Å². The van der Waals surface area contributed by atoms with E-state index in [0.29, 0.717) is 0 Å². The van der Waals surface area contributed by atoms with Gasteiger partial charge >= 0.3 is 0 Å². The summed E-state index contributed by atoms with van der Waals surface area (Å²) in [5.41, 5.74) is 7.37. The van der Waals surface area contributed by atoms with Gasteiger partial charge in [0.15, 0.2) is 0 Å². The standard InChI is InChI=1S/C19H19FN2/c20-16-5-6-17-15(12-16)4-3-14-2-1-9-22-19(14)18(17)13-7-10-21-11-8-13/h1-2,5-6,9,12,21H,3-4,7-8,10-11H2. The maximum absolute atomic E-state index is 13.7. The van der Waals surface area contributed by atoms with Gasteiger partial charge < -0.3 is 5.32 Å². The molecule has 2 nitrogen and oxygen atoms in total. The molecule has 2 aromatic rings. The second kappa shape index (κ2) is 5.65. The zero-order valence-electron chi connectivity index (χ0n) is 12.5. The molecule has 1 N–H and O–H groups in total. The highest BCUT2D eigenvalue weighted by Crippen LogP contribution is 2.36. The molecular weight excluding hydrogens is 275 g/mol. The lowest BCUT2D eigenvalue weighted by Gasteiger charge is -2.21. The van der Waals surface area contributed by atoms with E-state index in [-0.39, 0.29) is 5.82 Å². The summed E-state index contributed by atoms with van der Waals surface area (Å²) in [4.78, 5) is 4.69. The van der Waals surface area contributed by atoms with Crippen LogP contribution in [0.25, 0.3) is 5.57 Å². The maximum Gasteiger partial charge on any atom is 0.123 e. The molecule has 3 heteroatoms. The number of halogens is 1. The first-order valence-electron chi connectivity index (χ1n) is 7.99. The fraction of sp³-hybridized carbons (Fsp3) is 0.316. The van der Waals surface area contributed by atoms with Gasteiger partial charge in [0.2, 0.25) is 0 Å². The molecule has 0 unspecified atom stereocenters. The van der Waals surface area contributed by atoms with E-state index in [1.54, 1.807) is 12.1 Å². The van der Waals surface area contributed by atoms with Gasteiger partial charge in [-0.1, -0.05) is 17.7 Å². The molecule has 2 aliphatic rings. The largest absolute Gasteiger partial charge is 0.316 e. The third kappa shape index (κ3) is 2.35. The van der Waals surface area contributed by atoms with E-state index in [1.165, 1.54) is 22.3 Å². The minimum absolute atomic E-state index is 0.146. The second-order valence-electron chi connectivity index (χ2n) is 6.04. The Kier molecular flexibility index (Phi) is 3.51. The van der Waals surface area contributed by atoms with Crippen molar-refractivity contribution < 1.29 is 4.39 Å². The highest BCUT2D eigenvalue weighted by molar-refractivity contribution is 5.84. The van der Waals surface area contributed by atoms with Gasteiger partial charge in [-0.3, -0.25) is 4.98 Å². The first kappa shape index (κ1) is 13.6. The predicted molar refractivity (Wildman–Crippen MR) is 86.2 cm³/mol. The molecule has 0 saturated carbocycles. The predicted octanol–water partition coefficient (Wildman–Crippen LogP) is 3.50. The van der Waals surface area contributed by atoms with Crippen LogP contribution in [0.1, 0.15) is 35.2 Å². The van der Waals surface area contributed by atoms with Crippen LogP contribution in [0.4, 0.5) is 4.39 Å². The van der Waals surface area contributed by atoms with Crippen molar-refractivity contribution in [2.24, 2.45) is 0 Å². The molecule has 0 spiro atoms. The van der Waals surface area contributed by atoms with Gasteiger partial charge in [0.25, 0.3) is 0 Å². The summed E-state index contributed by atoms with van der Waals surface area (Å²) in [6, 6.07) is 9.38. The van der Waals surface area contributed by atoms with Crippen LogP contribution in [-0.4, -0.2) is 18.1 Å². The van der Waals surface area contributed by atoms with Gasteiger partial charge in [0, 0.05) is 11.8 Å². The van der Waals surface area contributed by atoms with Crippen molar-refractivity contribution in [3.63, 3.8) is 0 Å². The molecule has 0 bridgehead atoms. The van der Waals surface area contributed by atoms with Crippen LogP contribution in [0.5, 0.6) is 0 Å². The average Bonchev–Trinajstić information content (AvgIpc) is 2.72. The van der Waals surface area contributed by atoms with Crippen LogP contribution in [0.15, 0.2) is 42.1 Å². The van der Waals surface area contributed by atoms with E-state index in [9.17, 15) is 4.39 Å². The van der Waals surface area contributed by atoms with Crippen molar-refractivity contribution in [1.82, 2.24) is 10.3 Å². The van der Waals surface area contributed by atoms with Crippen molar-refractivity contribution in [3.8, 4) is 0 Å². The molecule has 1 saturated heterocycles. The number of nitrogens with one attached hydrogen (secondary N) is 1. The highest BCUT2D eigenvalue weighted by atomic mass is 19.1. The molecule has 1 aliphatic carbocycles. The molecule has 0 radical (unpaired) electrons. The number of rotatable bonds is 0. The minimum atomic E-state index is -0.146. The van der Waals surface area contributed by atoms with Crippen molar-refractivity contribution in [2.45, 2.75) is 25.7 Å². The smallest absolute Gasteiger partial charge is 0.123 e. The number of pyridine rings is 1. The number of aryl methyl sites for hydroxylation is 2. The second-order valence-corrected chi connectivity index (χ2v) is 6.04. The molecule has 22 heavy (non-hydrogen) atoms. The van der Waals surface area contributed by atoms with Crippen LogP contribution >= 0.6 is 0 Å². The molecule has 112 valence electrons. The summed E-state index contributed by atoms with van der Waals surface area (Å²) in [6.45, 7) is 2.02. The monoisotopic (exact) mass is 294 g/mol. The Labute approximate surface area is 130 Å². The van der Waals surface area contributed by atoms with Gasteiger partial charge in [0.05, 0.1) is 5.69 Å². The lowest BCUT2D eigenvalue weighted by molar-refractivity contribution is 0.611. The number of hydrogen-bond acceptors (Lipinski definition) is 2. The average molecular weight is 294 g/mol. The maximum atomic E-state index is 13.7. The van der Waals surface area contributed by atoms with Gasteiger partial charge in [-0.15, -0.1) is 0 Å². The third-order valence-electron chi connectivity index (χ3n) is 4.69. The Balaban J connectivity index is 1.98. The number of fused-ring (bicyclic) bond motifs is 2. The molecule has 0 atom stereocenters. The van der Waals surface area contributed by atoms with Crippen LogP contribution in [0, 0.1) is 5.82 Å². The Hall–Kier alpha value is -2.00. The fourth-order valence-corrected chi connectivity index (χ4v) is 3.61. The molecule has 1 aromatic carbocycles. The summed E-state index contributed by atoms with van der Waals surface area (Å²) >= 11 is 0. The molecule has 2 heterocycles. The van der Waals surface area contributed by atoms with Gasteiger partial charge in [0.1, 0.15) is 5.82 Å². The fourth-order valence-electron chi connectivity index (χ4n) is 3.61. The molecular formula is C19H19FN2. The van der Waals surface area contributed by atoms with Crippen molar-refractivity contribution >= 4 is 5.57 Å². The number of aromatic nitrogens is 1. The Morgan fingerprint density at radius 3 is 2.64 bits per heavy atom. The number of benzene rings is 1. The molecule has 1 fully saturated rings. The van der Waals surface area contributed by atoms with Crippen molar-refractivity contribution in [1.29, 1.82) is 0 Å². The summed E-state index contributed by atoms with van der Waals surface area (Å²) in [7, 11) is 0. The highest BCUT2D eigenvalue weighted by Gasteiger charge is 2.23. The van der Waals surface area contributed by atoms with Crippen molar-refractivity contribution in [3.05, 3.63) is 70.3 Å². The number of nitrogens with zero attached hydrogens (tertiary/aromatic N) is 1. The SMILES string of the molecule is Fc1ccc2c(c1)CCc1cccnc1C2=C1CCNCC1. The number of piperidine rings is 1. The van der Waals surface area contributed by atoms with E-state index in [2.05, 4.69) is 16.4 Å². The summed E-state index contributed by atoms with van der Waals surface area (Å²) < 4.78 is 13.7. The summed E-state index contributed by atoms with van der Waals surface area (Å²) in [5.74, 6) is -0.146. The lowest BCUT2D eigenvalue weighted by atomic mass is 9.89. The topological polar surface area (TPSA) is 24.9 Å². The minimum Gasteiger partial charge on any atom is -0.316 e. The lowest BCUT2D eigenvalue weighted by Crippen LogP contribution is -2.24. The van der Waals surface area contributed by atoms with E-state index in [4.69, 9.17) is 0 Å². The quantitative estimate of drug-likeness (QED) is 0.804. The van der Waals surface area contributed by atoms with Crippen LogP contribution in [0.3, 0.4) is 0 Å². The van der Waals surface area contributed by atoms with Crippen LogP contribution in [-0.2, 0) is 12.8 Å². The van der Waals surface area contributed by atoms with E-state index >= 15 is 0 Å². The zero-order chi connectivity index (χ0) is 14.9. The Bertz CT molecular complexity index is 741. The zero-order valence-corrected chi connectivity index (χ0v) is 12.5. The van der Waals surface area contributed by atoms with Gasteiger partial charge in [-0.05, 0) is 73.7 Å². The van der Waals surface area contributed by atoms with Gasteiger partial charge in [-0.2, -0.15) is 0 Å². The van der Waals surface area contributed by atoms with Gasteiger partial charge in [-0.25, -0.2) is 4.39 Å². The number of hydrogen-bond donors (Lipinski definition) is 1. The molecule has 0 amide bonds. The molecule has 4 rings (SSSR count). The first-order chi connectivity index (χ1) is 10.8.